The Morgan fingerprint density at radius 1 is 1.29 bits per heavy atom. The number of pyridine rings is 1. The number of halogens is 2. The lowest BCUT2D eigenvalue weighted by molar-refractivity contribution is 0.667. The van der Waals surface area contributed by atoms with Crippen molar-refractivity contribution in [1.29, 1.82) is 0 Å². The maximum Gasteiger partial charge on any atom is 0.328 e. The molecule has 0 bridgehead atoms. The Balaban J connectivity index is 2.31. The van der Waals surface area contributed by atoms with Crippen molar-refractivity contribution < 1.29 is 0 Å². The van der Waals surface area contributed by atoms with Gasteiger partial charge in [0.2, 0.25) is 0 Å². The van der Waals surface area contributed by atoms with E-state index < -0.39 is 0 Å². The van der Waals surface area contributed by atoms with Crippen LogP contribution in [0, 0.1) is 0 Å². The van der Waals surface area contributed by atoms with Crippen molar-refractivity contribution in [2.45, 2.75) is 20.0 Å². The van der Waals surface area contributed by atoms with Crippen LogP contribution in [0.15, 0.2) is 29.5 Å². The number of nitrogens with zero attached hydrogens (tertiary/aromatic N) is 3. The van der Waals surface area contributed by atoms with Gasteiger partial charge in [-0.05, 0) is 13.0 Å². The summed E-state index contributed by atoms with van der Waals surface area (Å²) in [5, 5.41) is 0.860. The topological polar surface area (TPSA) is 39.8 Å². The van der Waals surface area contributed by atoms with E-state index in [1.165, 1.54) is 0 Å². The van der Waals surface area contributed by atoms with Gasteiger partial charge >= 0.3 is 5.69 Å². The van der Waals surface area contributed by atoms with Crippen molar-refractivity contribution in [3.8, 4) is 0 Å². The molecule has 0 aliphatic heterocycles. The fraction of sp³-hybridized carbons (Fsp3) is 0.273. The molecule has 0 amide bonds. The first-order chi connectivity index (χ1) is 8.11. The molecule has 0 aromatic carbocycles. The Bertz CT molecular complexity index is 589. The third kappa shape index (κ3) is 2.53. The summed E-state index contributed by atoms with van der Waals surface area (Å²) in [6, 6.07) is 1.57. The molecule has 0 spiro atoms. The number of hydrogen-bond acceptors (Lipinski definition) is 2. The summed E-state index contributed by atoms with van der Waals surface area (Å²) in [6.07, 6.45) is 5.07. The van der Waals surface area contributed by atoms with Crippen LogP contribution in [-0.2, 0) is 13.1 Å². The van der Waals surface area contributed by atoms with Gasteiger partial charge in [-0.1, -0.05) is 23.2 Å². The standard InChI is InChI=1S/C11H11Cl2N3O/c1-2-15-3-4-16(11(15)17)7-8-6-14-10(13)5-9(8)12/h3-6H,2,7H2,1H3. The minimum absolute atomic E-state index is 0.0569. The smallest absolute Gasteiger partial charge is 0.300 e. The molecule has 0 aliphatic carbocycles. The molecule has 6 heteroatoms. The monoisotopic (exact) mass is 271 g/mol. The highest BCUT2D eigenvalue weighted by Crippen LogP contribution is 2.18. The summed E-state index contributed by atoms with van der Waals surface area (Å²) in [6.45, 7) is 2.97. The van der Waals surface area contributed by atoms with Crippen molar-refractivity contribution in [1.82, 2.24) is 14.1 Å². The second kappa shape index (κ2) is 4.94. The van der Waals surface area contributed by atoms with E-state index in [-0.39, 0.29) is 5.69 Å². The minimum atomic E-state index is -0.0569. The molecule has 17 heavy (non-hydrogen) atoms. The summed E-state index contributed by atoms with van der Waals surface area (Å²) in [5.74, 6) is 0. The van der Waals surface area contributed by atoms with Gasteiger partial charge in [-0.15, -0.1) is 0 Å². The maximum atomic E-state index is 11.8. The average Bonchev–Trinajstić information content (AvgIpc) is 2.64. The summed E-state index contributed by atoms with van der Waals surface area (Å²) < 4.78 is 3.21. The SMILES string of the molecule is CCn1ccn(Cc2cnc(Cl)cc2Cl)c1=O. The largest absolute Gasteiger partial charge is 0.328 e. The second-order valence-corrected chi connectivity index (χ2v) is 4.39. The zero-order chi connectivity index (χ0) is 12.4. The first-order valence-electron chi connectivity index (χ1n) is 5.17. The van der Waals surface area contributed by atoms with Gasteiger partial charge in [0.1, 0.15) is 5.15 Å². The average molecular weight is 272 g/mol. The third-order valence-electron chi connectivity index (χ3n) is 2.50. The van der Waals surface area contributed by atoms with E-state index in [9.17, 15) is 4.79 Å². The van der Waals surface area contributed by atoms with Crippen molar-refractivity contribution >= 4 is 23.2 Å². The van der Waals surface area contributed by atoms with E-state index >= 15 is 0 Å². The predicted molar refractivity (Wildman–Crippen MR) is 67.7 cm³/mol. The fourth-order valence-corrected chi connectivity index (χ4v) is 1.98. The van der Waals surface area contributed by atoms with Crippen molar-refractivity contribution in [3.05, 3.63) is 50.9 Å². The van der Waals surface area contributed by atoms with Gasteiger partial charge in [0, 0.05) is 30.7 Å². The Hall–Kier alpha value is -1.26. The zero-order valence-electron chi connectivity index (χ0n) is 9.23. The first-order valence-corrected chi connectivity index (χ1v) is 5.93. The van der Waals surface area contributed by atoms with Crippen molar-refractivity contribution in [2.75, 3.05) is 0 Å². The van der Waals surface area contributed by atoms with Gasteiger partial charge in [0.05, 0.1) is 11.6 Å². The van der Waals surface area contributed by atoms with Gasteiger partial charge in [0.15, 0.2) is 0 Å². The Morgan fingerprint density at radius 3 is 2.59 bits per heavy atom. The molecule has 90 valence electrons. The lowest BCUT2D eigenvalue weighted by Gasteiger charge is -2.04. The highest BCUT2D eigenvalue weighted by molar-refractivity contribution is 6.34. The molecule has 0 N–H and O–H groups in total. The van der Waals surface area contributed by atoms with Gasteiger partial charge in [-0.3, -0.25) is 9.13 Å². The molecule has 0 saturated carbocycles. The molecule has 2 aromatic rings. The molecule has 2 rings (SSSR count). The summed E-state index contributed by atoms with van der Waals surface area (Å²) in [7, 11) is 0. The Morgan fingerprint density at radius 2 is 2.00 bits per heavy atom. The summed E-state index contributed by atoms with van der Waals surface area (Å²) in [4.78, 5) is 15.8. The van der Waals surface area contributed by atoms with Crippen LogP contribution in [0.5, 0.6) is 0 Å². The fourth-order valence-electron chi connectivity index (χ4n) is 1.55. The molecular formula is C11H11Cl2N3O. The summed E-state index contributed by atoms with van der Waals surface area (Å²) >= 11 is 11.7. The highest BCUT2D eigenvalue weighted by atomic mass is 35.5. The number of rotatable bonds is 3. The Kier molecular flexibility index (Phi) is 3.54. The van der Waals surface area contributed by atoms with E-state index in [1.54, 1.807) is 33.8 Å². The van der Waals surface area contributed by atoms with Gasteiger partial charge in [-0.2, -0.15) is 0 Å². The zero-order valence-corrected chi connectivity index (χ0v) is 10.7. The molecular weight excluding hydrogens is 261 g/mol. The molecule has 0 unspecified atom stereocenters. The van der Waals surface area contributed by atoms with Crippen LogP contribution in [0.4, 0.5) is 0 Å². The quantitative estimate of drug-likeness (QED) is 0.805. The van der Waals surface area contributed by atoms with Gasteiger partial charge < -0.3 is 0 Å². The maximum absolute atomic E-state index is 11.8. The molecule has 2 aromatic heterocycles. The number of aromatic nitrogens is 3. The summed E-state index contributed by atoms with van der Waals surface area (Å²) in [5.41, 5.74) is 0.713. The van der Waals surface area contributed by atoms with Gasteiger partial charge in [-0.25, -0.2) is 9.78 Å². The van der Waals surface area contributed by atoms with Crippen LogP contribution in [-0.4, -0.2) is 14.1 Å². The molecule has 0 aliphatic rings. The van der Waals surface area contributed by atoms with Crippen LogP contribution in [0.25, 0.3) is 0 Å². The van der Waals surface area contributed by atoms with Crippen LogP contribution >= 0.6 is 23.2 Å². The highest BCUT2D eigenvalue weighted by Gasteiger charge is 2.06. The van der Waals surface area contributed by atoms with E-state index in [2.05, 4.69) is 4.98 Å². The van der Waals surface area contributed by atoms with Crippen LogP contribution in [0.3, 0.4) is 0 Å². The molecule has 0 atom stereocenters. The van der Waals surface area contributed by atoms with Crippen molar-refractivity contribution in [2.24, 2.45) is 0 Å². The lowest BCUT2D eigenvalue weighted by Crippen LogP contribution is -2.23. The lowest BCUT2D eigenvalue weighted by atomic mass is 10.3. The number of hydrogen-bond donors (Lipinski definition) is 0. The van der Waals surface area contributed by atoms with Crippen LogP contribution < -0.4 is 5.69 Å². The number of aryl methyl sites for hydroxylation is 1. The van der Waals surface area contributed by atoms with E-state index in [1.807, 2.05) is 6.92 Å². The van der Waals surface area contributed by atoms with Crippen molar-refractivity contribution in [3.63, 3.8) is 0 Å². The molecule has 0 saturated heterocycles. The molecule has 2 heterocycles. The Labute approximate surface area is 108 Å². The predicted octanol–water partition coefficient (Wildman–Crippen LogP) is 2.42. The van der Waals surface area contributed by atoms with Gasteiger partial charge in [0.25, 0.3) is 0 Å². The van der Waals surface area contributed by atoms with E-state index in [4.69, 9.17) is 23.2 Å². The number of imidazole rings is 1. The third-order valence-corrected chi connectivity index (χ3v) is 3.05. The second-order valence-electron chi connectivity index (χ2n) is 3.59. The molecule has 0 fully saturated rings. The first kappa shape index (κ1) is 12.2. The normalized spacial score (nSPS) is 10.8. The van der Waals surface area contributed by atoms with Crippen LogP contribution in [0.2, 0.25) is 10.2 Å². The molecule has 0 radical (unpaired) electrons. The minimum Gasteiger partial charge on any atom is -0.300 e. The molecule has 4 nitrogen and oxygen atoms in total. The van der Waals surface area contributed by atoms with E-state index in [0.29, 0.717) is 23.3 Å². The van der Waals surface area contributed by atoms with Crippen LogP contribution in [0.1, 0.15) is 12.5 Å². The van der Waals surface area contributed by atoms with E-state index in [0.717, 1.165) is 5.56 Å².